The predicted octanol–water partition coefficient (Wildman–Crippen LogP) is 1.51. The Hall–Kier alpha value is -1.71. The molecular weight excluding hydrogens is 196 g/mol. The fraction of sp³-hybridized carbons (Fsp3) is 0.364. The van der Waals surface area contributed by atoms with Gasteiger partial charge in [-0.05, 0) is 31.5 Å². The van der Waals surface area contributed by atoms with E-state index >= 15 is 0 Å². The van der Waals surface area contributed by atoms with Crippen LogP contribution < -0.4 is 0 Å². The van der Waals surface area contributed by atoms with E-state index < -0.39 is 5.97 Å². The zero-order valence-corrected chi connectivity index (χ0v) is 8.78. The van der Waals surface area contributed by atoms with Crippen LogP contribution in [0.3, 0.4) is 0 Å². The molecule has 0 saturated heterocycles. The van der Waals surface area contributed by atoms with Gasteiger partial charge in [-0.15, -0.1) is 0 Å². The minimum Gasteiger partial charge on any atom is -0.508 e. The van der Waals surface area contributed by atoms with E-state index in [0.29, 0.717) is 17.7 Å². The van der Waals surface area contributed by atoms with Crippen LogP contribution in [-0.4, -0.2) is 22.8 Å². The number of esters is 1. The molecule has 0 aromatic heterocycles. The standard InChI is InChI=1S/C11H14O4/c1-3-15-11(14)6-8-5-9(12)7(2)4-10(8)13/h4-5,12-13H,3,6H2,1-2H3. The van der Waals surface area contributed by atoms with Gasteiger partial charge >= 0.3 is 5.97 Å². The van der Waals surface area contributed by atoms with Crippen LogP contribution in [0.1, 0.15) is 18.1 Å². The average Bonchev–Trinajstić information content (AvgIpc) is 2.14. The topological polar surface area (TPSA) is 66.8 Å². The van der Waals surface area contributed by atoms with E-state index in [1.807, 2.05) is 0 Å². The zero-order valence-electron chi connectivity index (χ0n) is 8.78. The van der Waals surface area contributed by atoms with E-state index in [9.17, 15) is 15.0 Å². The van der Waals surface area contributed by atoms with Crippen molar-refractivity contribution in [1.29, 1.82) is 0 Å². The van der Waals surface area contributed by atoms with Crippen molar-refractivity contribution in [3.8, 4) is 11.5 Å². The third-order valence-electron chi connectivity index (χ3n) is 2.04. The molecule has 0 atom stereocenters. The SMILES string of the molecule is CCOC(=O)Cc1cc(O)c(C)cc1O. The lowest BCUT2D eigenvalue weighted by Crippen LogP contribution is -2.07. The van der Waals surface area contributed by atoms with Gasteiger partial charge in [-0.1, -0.05) is 0 Å². The van der Waals surface area contributed by atoms with Crippen LogP contribution >= 0.6 is 0 Å². The second-order valence-electron chi connectivity index (χ2n) is 3.25. The third kappa shape index (κ3) is 2.87. The Morgan fingerprint density at radius 1 is 1.33 bits per heavy atom. The minimum atomic E-state index is -0.420. The molecule has 0 amide bonds. The van der Waals surface area contributed by atoms with Crippen molar-refractivity contribution >= 4 is 5.97 Å². The lowest BCUT2D eigenvalue weighted by molar-refractivity contribution is -0.142. The van der Waals surface area contributed by atoms with Gasteiger partial charge in [0.1, 0.15) is 11.5 Å². The Bertz CT molecular complexity index is 371. The number of phenolic OH excluding ortho intramolecular Hbond substituents is 2. The van der Waals surface area contributed by atoms with Crippen molar-refractivity contribution < 1.29 is 19.7 Å². The quantitative estimate of drug-likeness (QED) is 0.586. The van der Waals surface area contributed by atoms with Crippen LogP contribution in [-0.2, 0) is 16.0 Å². The Morgan fingerprint density at radius 3 is 2.60 bits per heavy atom. The maximum atomic E-state index is 11.1. The van der Waals surface area contributed by atoms with Crippen molar-refractivity contribution in [2.75, 3.05) is 6.61 Å². The second kappa shape index (κ2) is 4.68. The molecular formula is C11H14O4. The highest BCUT2D eigenvalue weighted by atomic mass is 16.5. The van der Waals surface area contributed by atoms with Crippen LogP contribution in [0.4, 0.5) is 0 Å². The first-order valence-electron chi connectivity index (χ1n) is 4.71. The first-order chi connectivity index (χ1) is 7.04. The number of carbonyl (C=O) groups is 1. The van der Waals surface area contributed by atoms with E-state index in [1.165, 1.54) is 12.1 Å². The molecule has 15 heavy (non-hydrogen) atoms. The summed E-state index contributed by atoms with van der Waals surface area (Å²) in [4.78, 5) is 11.1. The number of ether oxygens (including phenoxy) is 1. The molecule has 0 fully saturated rings. The van der Waals surface area contributed by atoms with Crippen molar-refractivity contribution in [1.82, 2.24) is 0 Å². The van der Waals surface area contributed by atoms with Crippen molar-refractivity contribution in [3.63, 3.8) is 0 Å². The number of rotatable bonds is 3. The number of aryl methyl sites for hydroxylation is 1. The molecule has 4 heteroatoms. The number of hydrogen-bond donors (Lipinski definition) is 2. The van der Waals surface area contributed by atoms with Gasteiger partial charge in [0.25, 0.3) is 0 Å². The molecule has 1 aromatic carbocycles. The highest BCUT2D eigenvalue weighted by Crippen LogP contribution is 2.26. The van der Waals surface area contributed by atoms with Gasteiger partial charge in [0.15, 0.2) is 0 Å². The molecule has 0 aliphatic heterocycles. The molecule has 0 radical (unpaired) electrons. The van der Waals surface area contributed by atoms with E-state index in [4.69, 9.17) is 4.74 Å². The number of hydrogen-bond acceptors (Lipinski definition) is 4. The monoisotopic (exact) mass is 210 g/mol. The Kier molecular flexibility index (Phi) is 3.55. The summed E-state index contributed by atoms with van der Waals surface area (Å²) in [5, 5.41) is 18.9. The molecule has 4 nitrogen and oxygen atoms in total. The van der Waals surface area contributed by atoms with Crippen LogP contribution in [0.5, 0.6) is 11.5 Å². The summed E-state index contributed by atoms with van der Waals surface area (Å²) in [6, 6.07) is 2.80. The fourth-order valence-corrected chi connectivity index (χ4v) is 1.23. The Balaban J connectivity index is 2.86. The van der Waals surface area contributed by atoms with Gasteiger partial charge in [0, 0.05) is 5.56 Å². The van der Waals surface area contributed by atoms with Gasteiger partial charge in [0.2, 0.25) is 0 Å². The molecule has 0 saturated carbocycles. The highest BCUT2D eigenvalue weighted by Gasteiger charge is 2.10. The smallest absolute Gasteiger partial charge is 0.310 e. The number of benzene rings is 1. The van der Waals surface area contributed by atoms with Crippen molar-refractivity contribution in [3.05, 3.63) is 23.3 Å². The van der Waals surface area contributed by atoms with Crippen LogP contribution in [0, 0.1) is 6.92 Å². The van der Waals surface area contributed by atoms with E-state index in [2.05, 4.69) is 0 Å². The second-order valence-corrected chi connectivity index (χ2v) is 3.25. The molecule has 0 bridgehead atoms. The fourth-order valence-electron chi connectivity index (χ4n) is 1.23. The first kappa shape index (κ1) is 11.4. The number of aromatic hydroxyl groups is 2. The molecule has 1 rings (SSSR count). The maximum absolute atomic E-state index is 11.1. The summed E-state index contributed by atoms with van der Waals surface area (Å²) >= 11 is 0. The van der Waals surface area contributed by atoms with Crippen molar-refractivity contribution in [2.24, 2.45) is 0 Å². The first-order valence-corrected chi connectivity index (χ1v) is 4.71. The number of carbonyl (C=O) groups excluding carboxylic acids is 1. The molecule has 0 aliphatic rings. The van der Waals surface area contributed by atoms with Crippen LogP contribution in [0.25, 0.3) is 0 Å². The third-order valence-corrected chi connectivity index (χ3v) is 2.04. The average molecular weight is 210 g/mol. The molecule has 0 aliphatic carbocycles. The summed E-state index contributed by atoms with van der Waals surface area (Å²) in [6.45, 7) is 3.69. The van der Waals surface area contributed by atoms with Crippen LogP contribution in [0.15, 0.2) is 12.1 Å². The summed E-state index contributed by atoms with van der Waals surface area (Å²) in [6.07, 6.45) is -0.0342. The summed E-state index contributed by atoms with van der Waals surface area (Å²) in [5.41, 5.74) is 0.941. The maximum Gasteiger partial charge on any atom is 0.310 e. The summed E-state index contributed by atoms with van der Waals surface area (Å²) in [5.74, 6) is -0.360. The molecule has 1 aromatic rings. The Morgan fingerprint density at radius 2 is 2.00 bits per heavy atom. The molecule has 0 spiro atoms. The van der Waals surface area contributed by atoms with Gasteiger partial charge in [-0.2, -0.15) is 0 Å². The van der Waals surface area contributed by atoms with Crippen LogP contribution in [0.2, 0.25) is 0 Å². The lowest BCUT2D eigenvalue weighted by atomic mass is 10.1. The largest absolute Gasteiger partial charge is 0.508 e. The lowest BCUT2D eigenvalue weighted by Gasteiger charge is -2.07. The molecule has 82 valence electrons. The van der Waals surface area contributed by atoms with E-state index in [1.54, 1.807) is 13.8 Å². The molecule has 2 N–H and O–H groups in total. The van der Waals surface area contributed by atoms with Gasteiger partial charge < -0.3 is 14.9 Å². The number of phenols is 2. The molecule has 0 heterocycles. The highest BCUT2D eigenvalue weighted by molar-refractivity contribution is 5.73. The van der Waals surface area contributed by atoms with E-state index in [0.717, 1.165) is 0 Å². The van der Waals surface area contributed by atoms with E-state index in [-0.39, 0.29) is 17.9 Å². The molecule has 0 unspecified atom stereocenters. The summed E-state index contributed by atoms with van der Waals surface area (Å²) in [7, 11) is 0. The summed E-state index contributed by atoms with van der Waals surface area (Å²) < 4.78 is 4.74. The Labute approximate surface area is 88.1 Å². The normalized spacial score (nSPS) is 10.0. The predicted molar refractivity (Wildman–Crippen MR) is 54.8 cm³/mol. The van der Waals surface area contributed by atoms with Crippen molar-refractivity contribution in [2.45, 2.75) is 20.3 Å². The minimum absolute atomic E-state index is 0.00152. The van der Waals surface area contributed by atoms with Gasteiger partial charge in [-0.3, -0.25) is 4.79 Å². The van der Waals surface area contributed by atoms with Gasteiger partial charge in [0.05, 0.1) is 13.0 Å². The zero-order chi connectivity index (χ0) is 11.4. The van der Waals surface area contributed by atoms with Gasteiger partial charge in [-0.25, -0.2) is 0 Å².